The van der Waals surface area contributed by atoms with Crippen molar-refractivity contribution in [2.45, 2.75) is 32.8 Å². The molecule has 0 amide bonds. The van der Waals surface area contributed by atoms with Gasteiger partial charge in [-0.1, -0.05) is 20.8 Å². The highest BCUT2D eigenvalue weighted by Crippen LogP contribution is 2.28. The van der Waals surface area contributed by atoms with Gasteiger partial charge >= 0.3 is 0 Å². The first kappa shape index (κ1) is 13.6. The number of rotatable bonds is 3. The molecule has 0 saturated carbocycles. The molecule has 0 radical (unpaired) electrons. The van der Waals surface area contributed by atoms with Gasteiger partial charge in [0.15, 0.2) is 0 Å². The molecule has 0 bridgehead atoms. The van der Waals surface area contributed by atoms with Crippen LogP contribution in [0.15, 0.2) is 24.3 Å². The van der Waals surface area contributed by atoms with Gasteiger partial charge in [0.25, 0.3) is 0 Å². The molecule has 4 nitrogen and oxygen atoms in total. The number of aromatic nitrogens is 2. The lowest BCUT2D eigenvalue weighted by molar-refractivity contribution is 0.281. The van der Waals surface area contributed by atoms with E-state index in [2.05, 4.69) is 31.0 Å². The molecule has 1 heterocycles. The number of ether oxygens (including phenoxy) is 1. The van der Waals surface area contributed by atoms with Gasteiger partial charge in [0.05, 0.1) is 19.4 Å². The van der Waals surface area contributed by atoms with Crippen LogP contribution in [0, 0.1) is 0 Å². The average molecular weight is 260 g/mol. The smallest absolute Gasteiger partial charge is 0.119 e. The molecule has 2 N–H and O–H groups in total. The number of benzene rings is 1. The molecule has 0 aliphatic carbocycles. The molecule has 0 aliphatic rings. The Balaban J connectivity index is 2.43. The molecule has 4 heteroatoms. The minimum Gasteiger partial charge on any atom is -0.497 e. The van der Waals surface area contributed by atoms with E-state index >= 15 is 0 Å². The Morgan fingerprint density at radius 2 is 1.95 bits per heavy atom. The number of aromatic amines is 1. The SMILES string of the molecule is COc1cc(CO)cc(-c2cc(C(C)(C)C)[nH]n2)c1. The number of hydrogen-bond donors (Lipinski definition) is 2. The van der Waals surface area contributed by atoms with Crippen molar-refractivity contribution in [2.24, 2.45) is 0 Å². The maximum Gasteiger partial charge on any atom is 0.119 e. The van der Waals surface area contributed by atoms with Crippen molar-refractivity contribution in [1.82, 2.24) is 10.2 Å². The number of H-pyrrole nitrogens is 1. The lowest BCUT2D eigenvalue weighted by Crippen LogP contribution is -2.11. The van der Waals surface area contributed by atoms with Gasteiger partial charge in [-0.3, -0.25) is 5.10 Å². The molecule has 0 fully saturated rings. The Kier molecular flexibility index (Phi) is 3.62. The van der Waals surface area contributed by atoms with E-state index in [-0.39, 0.29) is 12.0 Å². The molecule has 102 valence electrons. The van der Waals surface area contributed by atoms with Gasteiger partial charge < -0.3 is 9.84 Å². The van der Waals surface area contributed by atoms with Crippen LogP contribution in [-0.2, 0) is 12.0 Å². The summed E-state index contributed by atoms with van der Waals surface area (Å²) in [6.45, 7) is 6.39. The summed E-state index contributed by atoms with van der Waals surface area (Å²) in [5, 5.41) is 16.7. The lowest BCUT2D eigenvalue weighted by atomic mass is 9.92. The molecule has 19 heavy (non-hydrogen) atoms. The van der Waals surface area contributed by atoms with Crippen LogP contribution in [0.3, 0.4) is 0 Å². The van der Waals surface area contributed by atoms with E-state index in [1.807, 2.05) is 24.3 Å². The molecule has 2 rings (SSSR count). The Labute approximate surface area is 113 Å². The van der Waals surface area contributed by atoms with Crippen LogP contribution in [0.4, 0.5) is 0 Å². The zero-order chi connectivity index (χ0) is 14.0. The first-order chi connectivity index (χ1) is 8.94. The third kappa shape index (κ3) is 2.96. The zero-order valence-corrected chi connectivity index (χ0v) is 11.8. The predicted octanol–water partition coefficient (Wildman–Crippen LogP) is 2.88. The van der Waals surface area contributed by atoms with Crippen molar-refractivity contribution in [3.63, 3.8) is 0 Å². The fourth-order valence-corrected chi connectivity index (χ4v) is 1.87. The van der Waals surface area contributed by atoms with Gasteiger partial charge in [-0.05, 0) is 29.8 Å². The van der Waals surface area contributed by atoms with E-state index in [1.54, 1.807) is 7.11 Å². The second kappa shape index (κ2) is 5.05. The molecule has 1 aromatic heterocycles. The highest BCUT2D eigenvalue weighted by Gasteiger charge is 2.17. The van der Waals surface area contributed by atoms with E-state index in [4.69, 9.17) is 4.74 Å². The van der Waals surface area contributed by atoms with Gasteiger partial charge in [-0.25, -0.2) is 0 Å². The van der Waals surface area contributed by atoms with Crippen LogP contribution < -0.4 is 4.74 Å². The minimum atomic E-state index is -0.0131. The third-order valence-corrected chi connectivity index (χ3v) is 3.07. The largest absolute Gasteiger partial charge is 0.497 e. The maximum atomic E-state index is 9.28. The maximum absolute atomic E-state index is 9.28. The van der Waals surface area contributed by atoms with E-state index in [0.29, 0.717) is 0 Å². The zero-order valence-electron chi connectivity index (χ0n) is 11.8. The summed E-state index contributed by atoms with van der Waals surface area (Å²) in [4.78, 5) is 0. The summed E-state index contributed by atoms with van der Waals surface area (Å²) >= 11 is 0. The number of aliphatic hydroxyl groups is 1. The highest BCUT2D eigenvalue weighted by molar-refractivity contribution is 5.63. The number of nitrogens with one attached hydrogen (secondary N) is 1. The Bertz CT molecular complexity index is 546. The van der Waals surface area contributed by atoms with Crippen LogP contribution in [0.5, 0.6) is 5.75 Å². The molecule has 2 aromatic rings. The average Bonchev–Trinajstić information content (AvgIpc) is 2.87. The molecule has 0 aliphatic heterocycles. The van der Waals surface area contributed by atoms with Crippen LogP contribution in [-0.4, -0.2) is 22.4 Å². The second-order valence-corrected chi connectivity index (χ2v) is 5.64. The van der Waals surface area contributed by atoms with E-state index < -0.39 is 0 Å². The lowest BCUT2D eigenvalue weighted by Gasteiger charge is -2.14. The summed E-state index contributed by atoms with van der Waals surface area (Å²) < 4.78 is 5.24. The fraction of sp³-hybridized carbons (Fsp3) is 0.400. The standard InChI is InChI=1S/C15H20N2O2/c1-15(2,3)14-8-13(16-17-14)11-5-10(9-18)6-12(7-11)19-4/h5-8,18H,9H2,1-4H3,(H,16,17). The first-order valence-electron chi connectivity index (χ1n) is 6.29. The van der Waals surface area contributed by atoms with E-state index in [0.717, 1.165) is 28.3 Å². The van der Waals surface area contributed by atoms with Crippen molar-refractivity contribution >= 4 is 0 Å². The predicted molar refractivity (Wildman–Crippen MR) is 75.2 cm³/mol. The van der Waals surface area contributed by atoms with Crippen LogP contribution in [0.2, 0.25) is 0 Å². The van der Waals surface area contributed by atoms with Crippen molar-refractivity contribution in [3.8, 4) is 17.0 Å². The summed E-state index contributed by atoms with van der Waals surface area (Å²) in [6.07, 6.45) is 0. The normalized spacial score (nSPS) is 11.6. The monoisotopic (exact) mass is 260 g/mol. The number of hydrogen-bond acceptors (Lipinski definition) is 3. The third-order valence-electron chi connectivity index (χ3n) is 3.07. The molecular weight excluding hydrogens is 240 g/mol. The fourth-order valence-electron chi connectivity index (χ4n) is 1.87. The molecule has 0 atom stereocenters. The first-order valence-corrected chi connectivity index (χ1v) is 6.29. The second-order valence-electron chi connectivity index (χ2n) is 5.64. The molecule has 0 unspecified atom stereocenters. The topological polar surface area (TPSA) is 58.1 Å². The van der Waals surface area contributed by atoms with E-state index in [1.165, 1.54) is 0 Å². The van der Waals surface area contributed by atoms with Crippen LogP contribution >= 0.6 is 0 Å². The molecule has 0 spiro atoms. The number of aliphatic hydroxyl groups excluding tert-OH is 1. The summed E-state index contributed by atoms with van der Waals surface area (Å²) in [6, 6.07) is 7.70. The van der Waals surface area contributed by atoms with Gasteiger partial charge in [0.1, 0.15) is 5.75 Å². The van der Waals surface area contributed by atoms with Crippen LogP contribution in [0.1, 0.15) is 32.0 Å². The van der Waals surface area contributed by atoms with Gasteiger partial charge in [0, 0.05) is 16.7 Å². The van der Waals surface area contributed by atoms with Gasteiger partial charge in [0.2, 0.25) is 0 Å². The minimum absolute atomic E-state index is 0.0131. The van der Waals surface area contributed by atoms with Gasteiger partial charge in [-0.15, -0.1) is 0 Å². The highest BCUT2D eigenvalue weighted by atomic mass is 16.5. The van der Waals surface area contributed by atoms with Crippen molar-refractivity contribution in [3.05, 3.63) is 35.5 Å². The van der Waals surface area contributed by atoms with E-state index in [9.17, 15) is 5.11 Å². The molecule has 1 aromatic carbocycles. The van der Waals surface area contributed by atoms with Gasteiger partial charge in [-0.2, -0.15) is 5.10 Å². The number of methoxy groups -OCH3 is 1. The Morgan fingerprint density at radius 1 is 1.21 bits per heavy atom. The van der Waals surface area contributed by atoms with Crippen molar-refractivity contribution in [1.29, 1.82) is 0 Å². The van der Waals surface area contributed by atoms with Crippen molar-refractivity contribution < 1.29 is 9.84 Å². The Hall–Kier alpha value is -1.81. The number of nitrogens with zero attached hydrogens (tertiary/aromatic N) is 1. The summed E-state index contributed by atoms with van der Waals surface area (Å²) in [5.74, 6) is 0.724. The van der Waals surface area contributed by atoms with Crippen molar-refractivity contribution in [2.75, 3.05) is 7.11 Å². The molecule has 0 saturated heterocycles. The van der Waals surface area contributed by atoms with Crippen LogP contribution in [0.25, 0.3) is 11.3 Å². The molecular formula is C15H20N2O2. The Morgan fingerprint density at radius 3 is 2.47 bits per heavy atom. The summed E-state index contributed by atoms with van der Waals surface area (Å²) in [5.41, 5.74) is 3.73. The quantitative estimate of drug-likeness (QED) is 0.892. The summed E-state index contributed by atoms with van der Waals surface area (Å²) in [7, 11) is 1.62.